The fourth-order valence-corrected chi connectivity index (χ4v) is 7.86. The molecule has 1 nitrogen and oxygen atoms in total. The van der Waals surface area contributed by atoms with Crippen molar-refractivity contribution >= 4 is 32.3 Å². The van der Waals surface area contributed by atoms with Gasteiger partial charge in [-0.15, -0.1) is 0 Å². The largest absolute Gasteiger partial charge is 0.256 e. The van der Waals surface area contributed by atoms with Crippen molar-refractivity contribution < 1.29 is 0 Å². The number of pyridine rings is 1. The number of benzene rings is 6. The summed E-state index contributed by atoms with van der Waals surface area (Å²) < 4.78 is 0. The molecular weight excluding hydrogens is 470 g/mol. The molecule has 0 bridgehead atoms. The van der Waals surface area contributed by atoms with Crippen LogP contribution in [-0.4, -0.2) is 4.98 Å². The van der Waals surface area contributed by atoms with E-state index in [9.17, 15) is 0 Å². The highest BCUT2D eigenvalue weighted by Gasteiger charge is 2.45. The minimum atomic E-state index is 0.106. The predicted molar refractivity (Wildman–Crippen MR) is 163 cm³/mol. The summed E-state index contributed by atoms with van der Waals surface area (Å²) in [5, 5.41) is 8.09. The van der Waals surface area contributed by atoms with Crippen LogP contribution in [0.5, 0.6) is 0 Å². The Morgan fingerprint density at radius 3 is 1.90 bits per heavy atom. The van der Waals surface area contributed by atoms with Crippen molar-refractivity contribution in [3.63, 3.8) is 0 Å². The molecule has 2 aliphatic carbocycles. The number of rotatable bonds is 2. The molecule has 1 aromatic heterocycles. The molecule has 6 aromatic carbocycles. The molecule has 0 amide bonds. The lowest BCUT2D eigenvalue weighted by atomic mass is 9.75. The highest BCUT2D eigenvalue weighted by Crippen LogP contribution is 2.58. The Labute approximate surface area is 228 Å². The molecule has 0 unspecified atom stereocenters. The summed E-state index contributed by atoms with van der Waals surface area (Å²) >= 11 is 0. The van der Waals surface area contributed by atoms with Gasteiger partial charge in [0.25, 0.3) is 0 Å². The van der Waals surface area contributed by atoms with Gasteiger partial charge in [-0.25, -0.2) is 0 Å². The Kier molecular flexibility index (Phi) is 4.27. The van der Waals surface area contributed by atoms with Crippen LogP contribution in [0.1, 0.15) is 36.8 Å². The zero-order valence-electron chi connectivity index (χ0n) is 21.7. The number of nitrogens with zero attached hydrogens (tertiary/aromatic N) is 1. The molecule has 39 heavy (non-hydrogen) atoms. The summed E-state index contributed by atoms with van der Waals surface area (Å²) in [5.74, 6) is 0. The maximum absolute atomic E-state index is 4.66. The van der Waals surface area contributed by atoms with Gasteiger partial charge in [0.15, 0.2) is 0 Å². The second-order valence-corrected chi connectivity index (χ2v) is 11.5. The SMILES string of the molecule is c1ccc(-c2ccc3c(c2)C2(CCCC2)c2cc(-c4ccc5ccc6cccc7ccc4c5c67)ccc2-3)nc1. The van der Waals surface area contributed by atoms with Gasteiger partial charge < -0.3 is 0 Å². The summed E-state index contributed by atoms with van der Waals surface area (Å²) in [5.41, 5.74) is 10.9. The highest BCUT2D eigenvalue weighted by molar-refractivity contribution is 6.25. The summed E-state index contributed by atoms with van der Waals surface area (Å²) in [6.45, 7) is 0. The molecular formula is C38H27N. The van der Waals surface area contributed by atoms with Gasteiger partial charge in [-0.05, 0) is 103 Å². The van der Waals surface area contributed by atoms with E-state index in [0.717, 1.165) is 5.69 Å². The normalized spacial score (nSPS) is 15.5. The second kappa shape index (κ2) is 7.77. The molecule has 1 fully saturated rings. The maximum Gasteiger partial charge on any atom is 0.0702 e. The van der Waals surface area contributed by atoms with Crippen LogP contribution in [0.2, 0.25) is 0 Å². The zero-order chi connectivity index (χ0) is 25.6. The van der Waals surface area contributed by atoms with Crippen LogP contribution >= 0.6 is 0 Å². The lowest BCUT2D eigenvalue weighted by Gasteiger charge is -2.27. The van der Waals surface area contributed by atoms with E-state index < -0.39 is 0 Å². The first kappa shape index (κ1) is 21.4. The third kappa shape index (κ3) is 2.88. The Bertz CT molecular complexity index is 2050. The summed E-state index contributed by atoms with van der Waals surface area (Å²) in [4.78, 5) is 4.66. The number of fused-ring (bicyclic) bond motifs is 5. The molecule has 184 valence electrons. The van der Waals surface area contributed by atoms with Gasteiger partial charge in [0.05, 0.1) is 5.69 Å². The van der Waals surface area contributed by atoms with Gasteiger partial charge in [0.1, 0.15) is 0 Å². The standard InChI is InChI=1S/C38H27N/c1-4-21-39-35(8-1)28-14-17-31-30-16-13-27(22-33(30)38(34(31)23-28)19-2-3-20-38)29-15-11-26-10-9-24-6-5-7-25-12-18-32(29)37(26)36(24)25/h1,4-18,21-23H,2-3,19-20H2. The lowest BCUT2D eigenvalue weighted by Crippen LogP contribution is -2.20. The van der Waals surface area contributed by atoms with Crippen LogP contribution in [0.25, 0.3) is 65.8 Å². The number of hydrogen-bond acceptors (Lipinski definition) is 1. The Hall–Kier alpha value is -4.49. The second-order valence-electron chi connectivity index (χ2n) is 11.5. The first-order valence-corrected chi connectivity index (χ1v) is 14.2. The Morgan fingerprint density at radius 1 is 0.513 bits per heavy atom. The third-order valence-corrected chi connectivity index (χ3v) is 9.62. The van der Waals surface area contributed by atoms with E-state index in [4.69, 9.17) is 0 Å². The minimum Gasteiger partial charge on any atom is -0.256 e. The van der Waals surface area contributed by atoms with Crippen molar-refractivity contribution in [1.29, 1.82) is 0 Å². The quantitative estimate of drug-likeness (QED) is 0.217. The van der Waals surface area contributed by atoms with Gasteiger partial charge in [-0.2, -0.15) is 0 Å². The van der Waals surface area contributed by atoms with Gasteiger partial charge in [-0.3, -0.25) is 4.98 Å². The van der Waals surface area contributed by atoms with Crippen molar-refractivity contribution in [2.75, 3.05) is 0 Å². The monoisotopic (exact) mass is 497 g/mol. The van der Waals surface area contributed by atoms with Gasteiger partial charge >= 0.3 is 0 Å². The van der Waals surface area contributed by atoms with Crippen molar-refractivity contribution in [1.82, 2.24) is 4.98 Å². The molecule has 0 atom stereocenters. The van der Waals surface area contributed by atoms with E-state index >= 15 is 0 Å². The summed E-state index contributed by atoms with van der Waals surface area (Å²) in [7, 11) is 0. The average molecular weight is 498 g/mol. The molecule has 1 spiro atoms. The van der Waals surface area contributed by atoms with Crippen molar-refractivity contribution in [2.45, 2.75) is 31.1 Å². The van der Waals surface area contributed by atoms with Crippen molar-refractivity contribution in [2.24, 2.45) is 0 Å². The van der Waals surface area contributed by atoms with Crippen molar-refractivity contribution in [3.05, 3.63) is 127 Å². The Balaban J connectivity index is 1.26. The molecule has 0 radical (unpaired) electrons. The van der Waals surface area contributed by atoms with E-state index in [1.54, 1.807) is 0 Å². The lowest BCUT2D eigenvalue weighted by molar-refractivity contribution is 0.550. The van der Waals surface area contributed by atoms with Crippen molar-refractivity contribution in [3.8, 4) is 33.5 Å². The van der Waals surface area contributed by atoms with Crippen LogP contribution in [0.15, 0.2) is 115 Å². The fraction of sp³-hybridized carbons (Fsp3) is 0.132. The topological polar surface area (TPSA) is 12.9 Å². The van der Waals surface area contributed by atoms with Crippen LogP contribution in [-0.2, 0) is 5.41 Å². The molecule has 0 N–H and O–H groups in total. The van der Waals surface area contributed by atoms with Gasteiger partial charge in [-0.1, -0.05) is 97.8 Å². The van der Waals surface area contributed by atoms with Gasteiger partial charge in [0.2, 0.25) is 0 Å². The summed E-state index contributed by atoms with van der Waals surface area (Å²) in [6.07, 6.45) is 6.91. The number of hydrogen-bond donors (Lipinski definition) is 0. The van der Waals surface area contributed by atoms with E-state index in [0.29, 0.717) is 0 Å². The molecule has 9 rings (SSSR count). The van der Waals surface area contributed by atoms with E-state index in [1.165, 1.54) is 96.9 Å². The first-order chi connectivity index (χ1) is 19.3. The van der Waals surface area contributed by atoms with E-state index in [2.05, 4.69) is 108 Å². The smallest absolute Gasteiger partial charge is 0.0702 e. The van der Waals surface area contributed by atoms with Crippen LogP contribution in [0.4, 0.5) is 0 Å². The van der Waals surface area contributed by atoms with Crippen LogP contribution in [0.3, 0.4) is 0 Å². The predicted octanol–water partition coefficient (Wildman–Crippen LogP) is 10.2. The first-order valence-electron chi connectivity index (χ1n) is 14.2. The molecule has 0 saturated heterocycles. The fourth-order valence-electron chi connectivity index (χ4n) is 7.86. The van der Waals surface area contributed by atoms with Crippen LogP contribution in [0, 0.1) is 0 Å². The molecule has 1 heteroatoms. The van der Waals surface area contributed by atoms with Crippen LogP contribution < -0.4 is 0 Å². The van der Waals surface area contributed by atoms with E-state index in [1.807, 2.05) is 12.3 Å². The summed E-state index contributed by atoms with van der Waals surface area (Å²) in [6, 6.07) is 41.0. The molecule has 1 saturated carbocycles. The van der Waals surface area contributed by atoms with E-state index in [-0.39, 0.29) is 5.41 Å². The zero-order valence-corrected chi connectivity index (χ0v) is 21.7. The van der Waals surface area contributed by atoms with Gasteiger partial charge in [0, 0.05) is 17.2 Å². The minimum absolute atomic E-state index is 0.106. The molecule has 7 aromatic rings. The molecule has 2 aliphatic rings. The number of aromatic nitrogens is 1. The average Bonchev–Trinajstić information content (AvgIpc) is 3.60. The highest BCUT2D eigenvalue weighted by atomic mass is 14.7. The molecule has 0 aliphatic heterocycles. The third-order valence-electron chi connectivity index (χ3n) is 9.62. The molecule has 1 heterocycles. The maximum atomic E-state index is 4.66. The Morgan fingerprint density at radius 2 is 1.15 bits per heavy atom.